The zero-order valence-electron chi connectivity index (χ0n) is 46.5. The van der Waals surface area contributed by atoms with Crippen molar-refractivity contribution in [2.45, 2.75) is 316 Å². The van der Waals surface area contributed by atoms with Gasteiger partial charge in [0.15, 0.2) is 6.10 Å². The minimum atomic E-state index is -0.780. The molecule has 0 N–H and O–H groups in total. The van der Waals surface area contributed by atoms with Crippen LogP contribution in [-0.4, -0.2) is 37.2 Å². The molecular weight excluding hydrogens is 865 g/mol. The molecule has 0 aromatic rings. The maximum atomic E-state index is 12.8. The molecule has 0 spiro atoms. The van der Waals surface area contributed by atoms with Crippen molar-refractivity contribution in [3.8, 4) is 0 Å². The van der Waals surface area contributed by atoms with Crippen molar-refractivity contribution in [3.63, 3.8) is 0 Å². The summed E-state index contributed by atoms with van der Waals surface area (Å²) in [5.74, 6) is -0.886. The first-order valence-electron chi connectivity index (χ1n) is 30.3. The monoisotopic (exact) mass is 979 g/mol. The molecule has 0 aromatic heterocycles. The summed E-state index contributed by atoms with van der Waals surface area (Å²) in [5.41, 5.74) is 0. The summed E-state index contributed by atoms with van der Waals surface area (Å²) in [6.07, 6.45) is 73.7. The zero-order chi connectivity index (χ0) is 50.7. The van der Waals surface area contributed by atoms with Crippen molar-refractivity contribution in [1.29, 1.82) is 0 Å². The fourth-order valence-corrected chi connectivity index (χ4v) is 8.66. The van der Waals surface area contributed by atoms with Crippen LogP contribution >= 0.6 is 0 Å². The molecule has 1 unspecified atom stereocenters. The summed E-state index contributed by atoms with van der Waals surface area (Å²) in [7, 11) is 0. The molecule has 0 heterocycles. The average molecular weight is 980 g/mol. The molecule has 0 rings (SSSR count). The number of esters is 3. The number of carbonyl (C=O) groups excluding carboxylic acids is 3. The van der Waals surface area contributed by atoms with E-state index >= 15 is 0 Å². The number of hydrogen-bond acceptors (Lipinski definition) is 6. The van der Waals surface area contributed by atoms with E-state index in [2.05, 4.69) is 81.5 Å². The lowest BCUT2D eigenvalue weighted by Gasteiger charge is -2.18. The molecule has 70 heavy (non-hydrogen) atoms. The third kappa shape index (κ3) is 56.0. The van der Waals surface area contributed by atoms with Gasteiger partial charge in [0, 0.05) is 19.3 Å². The Hall–Kier alpha value is -2.89. The molecule has 0 amide bonds. The van der Waals surface area contributed by atoms with Crippen LogP contribution in [0.1, 0.15) is 310 Å². The van der Waals surface area contributed by atoms with E-state index in [-0.39, 0.29) is 31.1 Å². The van der Waals surface area contributed by atoms with E-state index in [9.17, 15) is 14.4 Å². The lowest BCUT2D eigenvalue weighted by atomic mass is 10.0. The van der Waals surface area contributed by atoms with Crippen molar-refractivity contribution >= 4 is 17.9 Å². The quantitative estimate of drug-likeness (QED) is 0.0261. The molecule has 0 aliphatic carbocycles. The van der Waals surface area contributed by atoms with Gasteiger partial charge in [-0.15, -0.1) is 0 Å². The van der Waals surface area contributed by atoms with Crippen LogP contribution in [0.2, 0.25) is 0 Å². The second-order valence-corrected chi connectivity index (χ2v) is 20.3. The fraction of sp³-hybridized carbons (Fsp3) is 0.797. The number of hydrogen-bond donors (Lipinski definition) is 0. The zero-order valence-corrected chi connectivity index (χ0v) is 46.5. The highest BCUT2D eigenvalue weighted by molar-refractivity contribution is 5.71. The molecule has 0 saturated carbocycles. The summed E-state index contributed by atoms with van der Waals surface area (Å²) < 4.78 is 16.8. The van der Waals surface area contributed by atoms with Crippen molar-refractivity contribution in [1.82, 2.24) is 0 Å². The molecule has 0 radical (unpaired) electrons. The molecule has 6 nitrogen and oxygen atoms in total. The number of unbranched alkanes of at least 4 members (excludes halogenated alkanes) is 34. The van der Waals surface area contributed by atoms with Crippen molar-refractivity contribution < 1.29 is 28.6 Å². The fourth-order valence-electron chi connectivity index (χ4n) is 8.66. The number of ether oxygens (including phenoxy) is 3. The number of rotatable bonds is 55. The Morgan fingerprint density at radius 3 is 0.800 bits per heavy atom. The minimum absolute atomic E-state index is 0.0783. The standard InChI is InChI=1S/C64H114O6/c1-4-7-10-13-16-19-21-23-25-27-29-31-32-34-35-37-39-41-43-45-48-51-54-57-63(66)69-60-61(59-68-62(65)56-53-50-47-18-15-12-9-6-3)70-64(67)58-55-52-49-46-44-42-40-38-36-33-30-28-26-24-22-20-17-14-11-8-5-2/h21-24,27-30,36,38,61H,4-20,25-26,31-35,37,39-60H2,1-3H3/b23-21-,24-22-,29-27-,30-28-,38-36-. The predicted molar refractivity (Wildman–Crippen MR) is 302 cm³/mol. The Bertz CT molecular complexity index is 1260. The lowest BCUT2D eigenvalue weighted by Crippen LogP contribution is -2.30. The first kappa shape index (κ1) is 67.1. The summed E-state index contributed by atoms with van der Waals surface area (Å²) in [5, 5.41) is 0. The lowest BCUT2D eigenvalue weighted by molar-refractivity contribution is -0.167. The molecule has 0 saturated heterocycles. The van der Waals surface area contributed by atoms with Crippen LogP contribution < -0.4 is 0 Å². The van der Waals surface area contributed by atoms with Crippen LogP contribution in [0.5, 0.6) is 0 Å². The van der Waals surface area contributed by atoms with Crippen molar-refractivity contribution in [2.75, 3.05) is 13.2 Å². The Labute approximate surface area is 434 Å². The van der Waals surface area contributed by atoms with Gasteiger partial charge in [-0.3, -0.25) is 14.4 Å². The van der Waals surface area contributed by atoms with E-state index in [4.69, 9.17) is 14.2 Å². The molecule has 6 heteroatoms. The van der Waals surface area contributed by atoms with Gasteiger partial charge in [0.05, 0.1) is 0 Å². The number of allylic oxidation sites excluding steroid dienone is 10. The Balaban J connectivity index is 4.23. The Morgan fingerprint density at radius 1 is 0.286 bits per heavy atom. The smallest absolute Gasteiger partial charge is 0.306 e. The van der Waals surface area contributed by atoms with E-state index < -0.39 is 6.10 Å². The first-order valence-corrected chi connectivity index (χ1v) is 30.3. The van der Waals surface area contributed by atoms with Gasteiger partial charge in [0.2, 0.25) is 0 Å². The number of carbonyl (C=O) groups is 3. The van der Waals surface area contributed by atoms with Crippen LogP contribution in [0.3, 0.4) is 0 Å². The van der Waals surface area contributed by atoms with Gasteiger partial charge < -0.3 is 14.2 Å². The van der Waals surface area contributed by atoms with Gasteiger partial charge in [-0.25, -0.2) is 0 Å². The molecule has 0 bridgehead atoms. The topological polar surface area (TPSA) is 78.9 Å². The predicted octanol–water partition coefficient (Wildman–Crippen LogP) is 20.4. The second-order valence-electron chi connectivity index (χ2n) is 20.3. The highest BCUT2D eigenvalue weighted by Gasteiger charge is 2.19. The summed E-state index contributed by atoms with van der Waals surface area (Å²) in [6, 6.07) is 0. The van der Waals surface area contributed by atoms with Gasteiger partial charge in [-0.05, 0) is 89.9 Å². The summed E-state index contributed by atoms with van der Waals surface area (Å²) >= 11 is 0. The molecule has 406 valence electrons. The first-order chi connectivity index (χ1) is 34.5. The average Bonchev–Trinajstić information content (AvgIpc) is 3.36. The molecular formula is C64H114O6. The maximum absolute atomic E-state index is 12.8. The van der Waals surface area contributed by atoms with E-state index in [0.29, 0.717) is 19.3 Å². The molecule has 0 aliphatic rings. The van der Waals surface area contributed by atoms with Gasteiger partial charge in [-0.1, -0.05) is 261 Å². The van der Waals surface area contributed by atoms with E-state index in [1.54, 1.807) is 0 Å². The highest BCUT2D eigenvalue weighted by Crippen LogP contribution is 2.16. The molecule has 0 fully saturated rings. The normalized spacial score (nSPS) is 12.4. The summed E-state index contributed by atoms with van der Waals surface area (Å²) in [6.45, 7) is 6.60. The van der Waals surface area contributed by atoms with Gasteiger partial charge >= 0.3 is 17.9 Å². The van der Waals surface area contributed by atoms with E-state index in [1.807, 2.05) is 0 Å². The van der Waals surface area contributed by atoms with Crippen LogP contribution in [-0.2, 0) is 28.6 Å². The second kappa shape index (κ2) is 58.7. The van der Waals surface area contributed by atoms with Crippen molar-refractivity contribution in [2.24, 2.45) is 0 Å². The Morgan fingerprint density at radius 2 is 0.514 bits per heavy atom. The third-order valence-corrected chi connectivity index (χ3v) is 13.2. The van der Waals surface area contributed by atoms with Crippen LogP contribution in [0.15, 0.2) is 60.8 Å². The summed E-state index contributed by atoms with van der Waals surface area (Å²) in [4.78, 5) is 38.1. The SMILES string of the molecule is CCCCCCC/C=C\C/C=C\C/C=C\CCCCCCCCC(=O)OC(COC(=O)CCCCCCCCCC)COC(=O)CCCCCCCCCCCCC/C=C\C/C=C\CCCCCCC. The van der Waals surface area contributed by atoms with Crippen LogP contribution in [0, 0.1) is 0 Å². The van der Waals surface area contributed by atoms with E-state index in [0.717, 1.165) is 89.9 Å². The maximum Gasteiger partial charge on any atom is 0.306 e. The van der Waals surface area contributed by atoms with Crippen molar-refractivity contribution in [3.05, 3.63) is 60.8 Å². The molecule has 0 aliphatic heterocycles. The highest BCUT2D eigenvalue weighted by atomic mass is 16.6. The van der Waals surface area contributed by atoms with Crippen LogP contribution in [0.25, 0.3) is 0 Å². The van der Waals surface area contributed by atoms with Gasteiger partial charge in [0.25, 0.3) is 0 Å². The van der Waals surface area contributed by atoms with Gasteiger partial charge in [0.1, 0.15) is 13.2 Å². The van der Waals surface area contributed by atoms with E-state index in [1.165, 1.54) is 180 Å². The molecule has 1 atom stereocenters. The minimum Gasteiger partial charge on any atom is -0.462 e. The Kier molecular flexibility index (Phi) is 56.3. The molecule has 0 aromatic carbocycles. The van der Waals surface area contributed by atoms with Crippen LogP contribution in [0.4, 0.5) is 0 Å². The van der Waals surface area contributed by atoms with Gasteiger partial charge in [-0.2, -0.15) is 0 Å². The largest absolute Gasteiger partial charge is 0.462 e. The third-order valence-electron chi connectivity index (χ3n) is 13.2.